The highest BCUT2D eigenvalue weighted by molar-refractivity contribution is 6.30. The van der Waals surface area contributed by atoms with E-state index in [9.17, 15) is 4.79 Å². The topological polar surface area (TPSA) is 44.8 Å². The van der Waals surface area contributed by atoms with Crippen LogP contribution in [0.5, 0.6) is 5.75 Å². The van der Waals surface area contributed by atoms with Gasteiger partial charge in [-0.3, -0.25) is 9.69 Å². The molecule has 1 aliphatic rings. The van der Waals surface area contributed by atoms with Crippen molar-refractivity contribution in [1.29, 1.82) is 0 Å². The van der Waals surface area contributed by atoms with Gasteiger partial charge in [0.25, 0.3) is 5.91 Å². The first kappa shape index (κ1) is 24.5. The predicted molar refractivity (Wildman–Crippen MR) is 125 cm³/mol. The van der Waals surface area contributed by atoms with Crippen molar-refractivity contribution in [3.05, 3.63) is 64.2 Å². The highest BCUT2D eigenvalue weighted by Gasteiger charge is 2.24. The first-order valence-electron chi connectivity index (χ1n) is 10.1. The molecule has 1 atom stereocenters. The molecule has 1 N–H and O–H groups in total. The van der Waals surface area contributed by atoms with Gasteiger partial charge in [-0.15, -0.1) is 12.4 Å². The van der Waals surface area contributed by atoms with Gasteiger partial charge in [0.1, 0.15) is 5.75 Å². The first-order chi connectivity index (χ1) is 13.9. The number of carbonyl (C=O) groups is 1. The number of ether oxygens (including phenoxy) is 1. The molecule has 2 aromatic carbocycles. The maximum Gasteiger partial charge on any atom is 0.258 e. The fourth-order valence-corrected chi connectivity index (χ4v) is 3.69. The zero-order chi connectivity index (χ0) is 20.8. The summed E-state index contributed by atoms with van der Waals surface area (Å²) in [6.07, 6.45) is 0. The summed E-state index contributed by atoms with van der Waals surface area (Å²) < 4.78 is 5.74. The fraction of sp³-hybridized carbons (Fsp3) is 0.435. The molecular weight excluding hydrogens is 421 g/mol. The molecule has 1 saturated heterocycles. The normalized spacial score (nSPS) is 15.9. The average Bonchev–Trinajstić information content (AvgIpc) is 2.71. The summed E-state index contributed by atoms with van der Waals surface area (Å²) in [4.78, 5) is 17.2. The van der Waals surface area contributed by atoms with Gasteiger partial charge in [-0.25, -0.2) is 0 Å². The SMILES string of the molecule is Cc1cccc(OCC(=O)NCC(c2ccc(Cl)cc2)N2CCN(C)CC2)c1C.Cl. The molecule has 0 saturated carbocycles. The molecule has 0 spiro atoms. The minimum atomic E-state index is -0.112. The van der Waals surface area contributed by atoms with Gasteiger partial charge in [0, 0.05) is 37.7 Å². The molecule has 1 unspecified atom stereocenters. The monoisotopic (exact) mass is 451 g/mol. The number of rotatable bonds is 7. The minimum Gasteiger partial charge on any atom is -0.483 e. The molecule has 0 aliphatic carbocycles. The van der Waals surface area contributed by atoms with Crippen molar-refractivity contribution in [3.8, 4) is 5.75 Å². The van der Waals surface area contributed by atoms with Crippen LogP contribution in [0.4, 0.5) is 0 Å². The Bertz CT molecular complexity index is 822. The third-order valence-electron chi connectivity index (χ3n) is 5.64. The van der Waals surface area contributed by atoms with Gasteiger partial charge in [-0.05, 0) is 55.8 Å². The summed E-state index contributed by atoms with van der Waals surface area (Å²) in [6.45, 7) is 8.58. The molecule has 0 aromatic heterocycles. The lowest BCUT2D eigenvalue weighted by atomic mass is 10.0. The van der Waals surface area contributed by atoms with E-state index in [0.717, 1.165) is 53.6 Å². The number of hydrogen-bond donors (Lipinski definition) is 1. The average molecular weight is 452 g/mol. The number of nitrogens with zero attached hydrogens (tertiary/aromatic N) is 2. The van der Waals surface area contributed by atoms with Crippen LogP contribution < -0.4 is 10.1 Å². The second-order valence-electron chi connectivity index (χ2n) is 7.70. The third-order valence-corrected chi connectivity index (χ3v) is 5.89. The van der Waals surface area contributed by atoms with Crippen molar-refractivity contribution in [2.75, 3.05) is 46.4 Å². The Hall–Kier alpha value is -1.79. The van der Waals surface area contributed by atoms with Crippen LogP contribution in [0.15, 0.2) is 42.5 Å². The number of amides is 1. The molecule has 1 heterocycles. The first-order valence-corrected chi connectivity index (χ1v) is 10.5. The summed E-state index contributed by atoms with van der Waals surface area (Å²) in [7, 11) is 2.14. The molecule has 1 fully saturated rings. The Kier molecular flexibility index (Phi) is 9.43. The predicted octanol–water partition coefficient (Wildman–Crippen LogP) is 3.86. The molecule has 0 radical (unpaired) electrons. The zero-order valence-corrected chi connectivity index (χ0v) is 19.4. The lowest BCUT2D eigenvalue weighted by molar-refractivity contribution is -0.123. The number of benzene rings is 2. The smallest absolute Gasteiger partial charge is 0.258 e. The van der Waals surface area contributed by atoms with Crippen molar-refractivity contribution in [2.24, 2.45) is 0 Å². The zero-order valence-electron chi connectivity index (χ0n) is 17.9. The van der Waals surface area contributed by atoms with Crippen LogP contribution in [0.1, 0.15) is 22.7 Å². The molecule has 164 valence electrons. The van der Waals surface area contributed by atoms with Crippen LogP contribution in [-0.2, 0) is 4.79 Å². The summed E-state index contributed by atoms with van der Waals surface area (Å²) in [5, 5.41) is 3.78. The number of hydrogen-bond acceptors (Lipinski definition) is 4. The van der Waals surface area contributed by atoms with Gasteiger partial charge in [0.05, 0.1) is 6.04 Å². The maximum atomic E-state index is 12.5. The molecule has 3 rings (SSSR count). The van der Waals surface area contributed by atoms with Crippen molar-refractivity contribution in [1.82, 2.24) is 15.1 Å². The second kappa shape index (κ2) is 11.6. The molecule has 7 heteroatoms. The van der Waals surface area contributed by atoms with Crippen molar-refractivity contribution in [3.63, 3.8) is 0 Å². The highest BCUT2D eigenvalue weighted by atomic mass is 35.5. The van der Waals surface area contributed by atoms with Crippen LogP contribution in [0.25, 0.3) is 0 Å². The van der Waals surface area contributed by atoms with Gasteiger partial charge in [-0.1, -0.05) is 35.9 Å². The molecule has 1 amide bonds. The minimum absolute atomic E-state index is 0. The van der Waals surface area contributed by atoms with Crippen molar-refractivity contribution >= 4 is 29.9 Å². The van der Waals surface area contributed by atoms with Crippen molar-refractivity contribution in [2.45, 2.75) is 19.9 Å². The fourth-order valence-electron chi connectivity index (χ4n) is 3.56. The molecule has 2 aromatic rings. The number of piperazine rings is 1. The lowest BCUT2D eigenvalue weighted by Crippen LogP contribution is -2.48. The lowest BCUT2D eigenvalue weighted by Gasteiger charge is -2.38. The van der Waals surface area contributed by atoms with Crippen molar-refractivity contribution < 1.29 is 9.53 Å². The number of carbonyl (C=O) groups excluding carboxylic acids is 1. The van der Waals surface area contributed by atoms with E-state index in [4.69, 9.17) is 16.3 Å². The highest BCUT2D eigenvalue weighted by Crippen LogP contribution is 2.23. The van der Waals surface area contributed by atoms with Gasteiger partial charge in [-0.2, -0.15) is 0 Å². The van der Waals surface area contributed by atoms with E-state index >= 15 is 0 Å². The molecule has 30 heavy (non-hydrogen) atoms. The van der Waals surface area contributed by atoms with E-state index < -0.39 is 0 Å². The number of likely N-dealkylation sites (N-methyl/N-ethyl adjacent to an activating group) is 1. The van der Waals surface area contributed by atoms with E-state index in [1.54, 1.807) is 0 Å². The maximum absolute atomic E-state index is 12.5. The summed E-state index contributed by atoms with van der Waals surface area (Å²) in [6, 6.07) is 13.9. The van der Waals surface area contributed by atoms with Gasteiger partial charge < -0.3 is 15.0 Å². The second-order valence-corrected chi connectivity index (χ2v) is 8.13. The number of halogens is 2. The van der Waals surface area contributed by atoms with E-state index in [1.165, 1.54) is 0 Å². The van der Waals surface area contributed by atoms with E-state index in [2.05, 4.69) is 22.2 Å². The van der Waals surface area contributed by atoms with Gasteiger partial charge in [0.15, 0.2) is 6.61 Å². The molecule has 0 bridgehead atoms. The standard InChI is InChI=1S/C23H30ClN3O2.ClH/c1-17-5-4-6-22(18(17)2)29-16-23(28)25-15-21(19-7-9-20(24)10-8-19)27-13-11-26(3)12-14-27;/h4-10,21H,11-16H2,1-3H3,(H,25,28);1H. The van der Waals surface area contributed by atoms with E-state index in [1.807, 2.05) is 56.3 Å². The summed E-state index contributed by atoms with van der Waals surface area (Å²) >= 11 is 6.07. The Morgan fingerprint density at radius 3 is 2.43 bits per heavy atom. The molecular formula is C23H31Cl2N3O2. The quantitative estimate of drug-likeness (QED) is 0.693. The molecule has 5 nitrogen and oxygen atoms in total. The van der Waals surface area contributed by atoms with Gasteiger partial charge >= 0.3 is 0 Å². The van der Waals surface area contributed by atoms with Crippen LogP contribution in [0.2, 0.25) is 5.02 Å². The number of nitrogens with one attached hydrogen (secondary N) is 1. The summed E-state index contributed by atoms with van der Waals surface area (Å²) in [5.41, 5.74) is 3.38. The third kappa shape index (κ3) is 6.61. The van der Waals surface area contributed by atoms with Crippen LogP contribution >= 0.6 is 24.0 Å². The molecule has 1 aliphatic heterocycles. The Labute approximate surface area is 190 Å². The van der Waals surface area contributed by atoms with Crippen LogP contribution in [0, 0.1) is 13.8 Å². The Balaban J connectivity index is 0.00000320. The van der Waals surface area contributed by atoms with E-state index in [-0.39, 0.29) is 31.0 Å². The largest absolute Gasteiger partial charge is 0.483 e. The number of aryl methyl sites for hydroxylation is 1. The van der Waals surface area contributed by atoms with Crippen LogP contribution in [0.3, 0.4) is 0 Å². The Morgan fingerprint density at radius 1 is 1.10 bits per heavy atom. The van der Waals surface area contributed by atoms with Crippen LogP contribution in [-0.4, -0.2) is 62.1 Å². The Morgan fingerprint density at radius 2 is 1.77 bits per heavy atom. The van der Waals surface area contributed by atoms with Gasteiger partial charge in [0.2, 0.25) is 0 Å². The summed E-state index contributed by atoms with van der Waals surface area (Å²) in [5.74, 6) is 0.646. The van der Waals surface area contributed by atoms with E-state index in [0.29, 0.717) is 6.54 Å².